The van der Waals surface area contributed by atoms with Crippen LogP contribution >= 0.6 is 0 Å². The zero-order valence-corrected chi connectivity index (χ0v) is 15.3. The Hall–Kier alpha value is -3.20. The van der Waals surface area contributed by atoms with Crippen LogP contribution in [-0.4, -0.2) is 34.3 Å². The van der Waals surface area contributed by atoms with Gasteiger partial charge < -0.3 is 10.2 Å². The quantitative estimate of drug-likeness (QED) is 0.900. The van der Waals surface area contributed by atoms with Crippen molar-refractivity contribution in [2.75, 3.05) is 11.9 Å². The van der Waals surface area contributed by atoms with Gasteiger partial charge in [-0.15, -0.1) is 0 Å². The highest BCUT2D eigenvalue weighted by atomic mass is 16.2. The minimum absolute atomic E-state index is 0.131. The molecule has 1 N–H and O–H groups in total. The van der Waals surface area contributed by atoms with Crippen LogP contribution in [0.4, 0.5) is 5.69 Å². The number of aromatic nitrogens is 1. The molecule has 1 atom stereocenters. The largest absolute Gasteiger partial charge is 0.334 e. The molecule has 1 aliphatic rings. The summed E-state index contributed by atoms with van der Waals surface area (Å²) < 4.78 is 0. The number of para-hydroxylation sites is 1. The van der Waals surface area contributed by atoms with Crippen LogP contribution in [-0.2, 0) is 0 Å². The summed E-state index contributed by atoms with van der Waals surface area (Å²) in [6.45, 7) is 2.81. The molecule has 0 saturated carbocycles. The summed E-state index contributed by atoms with van der Waals surface area (Å²) in [6, 6.07) is 13.9. The molecule has 1 aliphatic heterocycles. The molecule has 0 radical (unpaired) electrons. The third kappa shape index (κ3) is 4.14. The first-order chi connectivity index (χ1) is 13.1. The van der Waals surface area contributed by atoms with Crippen LogP contribution in [0.15, 0.2) is 42.5 Å². The van der Waals surface area contributed by atoms with Gasteiger partial charge in [0.1, 0.15) is 17.5 Å². The van der Waals surface area contributed by atoms with Gasteiger partial charge in [-0.2, -0.15) is 5.26 Å². The monoisotopic (exact) mass is 362 g/mol. The van der Waals surface area contributed by atoms with Gasteiger partial charge in [0, 0.05) is 12.6 Å². The highest BCUT2D eigenvalue weighted by Gasteiger charge is 2.27. The van der Waals surface area contributed by atoms with E-state index in [0.717, 1.165) is 32.2 Å². The lowest BCUT2D eigenvalue weighted by molar-refractivity contribution is 0.0602. The molecular formula is C21H22N4O2. The predicted molar refractivity (Wildman–Crippen MR) is 102 cm³/mol. The van der Waals surface area contributed by atoms with Gasteiger partial charge in [0.05, 0.1) is 11.3 Å². The fraction of sp³-hybridized carbons (Fsp3) is 0.333. The molecule has 1 saturated heterocycles. The van der Waals surface area contributed by atoms with Crippen LogP contribution in [0, 0.1) is 11.3 Å². The molecule has 3 rings (SSSR count). The minimum atomic E-state index is -0.446. The number of carbonyl (C=O) groups excluding carboxylic acids is 2. The molecule has 6 heteroatoms. The maximum Gasteiger partial charge on any atom is 0.274 e. The number of nitriles is 1. The number of pyridine rings is 1. The van der Waals surface area contributed by atoms with Crippen molar-refractivity contribution in [3.63, 3.8) is 0 Å². The van der Waals surface area contributed by atoms with Crippen molar-refractivity contribution in [3.8, 4) is 6.07 Å². The number of hydrogen-bond acceptors (Lipinski definition) is 4. The van der Waals surface area contributed by atoms with Gasteiger partial charge in [0.25, 0.3) is 11.8 Å². The Morgan fingerprint density at radius 1 is 1.19 bits per heavy atom. The Balaban J connectivity index is 1.79. The lowest BCUT2D eigenvalue weighted by Gasteiger charge is -2.35. The molecule has 1 aromatic carbocycles. The molecular weight excluding hydrogens is 340 g/mol. The first-order valence-electron chi connectivity index (χ1n) is 9.22. The number of rotatable bonds is 4. The van der Waals surface area contributed by atoms with Crippen molar-refractivity contribution < 1.29 is 9.59 Å². The van der Waals surface area contributed by atoms with E-state index < -0.39 is 5.91 Å². The number of likely N-dealkylation sites (tertiary alicyclic amines) is 1. The van der Waals surface area contributed by atoms with E-state index in [-0.39, 0.29) is 23.3 Å². The molecule has 2 amide bonds. The van der Waals surface area contributed by atoms with Crippen LogP contribution in [0.1, 0.15) is 59.1 Å². The number of hydrogen-bond donors (Lipinski definition) is 1. The van der Waals surface area contributed by atoms with Crippen molar-refractivity contribution >= 4 is 17.5 Å². The SMILES string of the molecule is CCC1CCCCN1C(=O)c1cccc(C(=O)Nc2ccccc2C#N)n1. The maximum absolute atomic E-state index is 12.9. The summed E-state index contributed by atoms with van der Waals surface area (Å²) in [5.41, 5.74) is 1.22. The number of anilines is 1. The number of carbonyl (C=O) groups is 2. The van der Waals surface area contributed by atoms with Crippen molar-refractivity contribution in [1.82, 2.24) is 9.88 Å². The standard InChI is InChI=1S/C21H22N4O2/c1-2-16-9-5-6-13-25(16)21(27)19-12-7-11-18(23-19)20(26)24-17-10-4-3-8-15(17)14-22/h3-4,7-8,10-12,16H,2,5-6,9,13H2,1H3,(H,24,26). The van der Waals surface area contributed by atoms with Crippen LogP contribution in [0.3, 0.4) is 0 Å². The summed E-state index contributed by atoms with van der Waals surface area (Å²) in [7, 11) is 0. The molecule has 1 unspecified atom stereocenters. The number of piperidine rings is 1. The van der Waals surface area contributed by atoms with E-state index >= 15 is 0 Å². The summed E-state index contributed by atoms with van der Waals surface area (Å²) in [6.07, 6.45) is 4.05. The molecule has 2 heterocycles. The average Bonchev–Trinajstić information content (AvgIpc) is 2.73. The Labute approximate surface area is 158 Å². The normalized spacial score (nSPS) is 16.4. The molecule has 2 aromatic rings. The van der Waals surface area contributed by atoms with E-state index in [4.69, 9.17) is 5.26 Å². The Morgan fingerprint density at radius 3 is 2.74 bits per heavy atom. The molecule has 1 aromatic heterocycles. The summed E-state index contributed by atoms with van der Waals surface area (Å²) in [4.78, 5) is 31.6. The number of nitrogens with one attached hydrogen (secondary N) is 1. The van der Waals surface area contributed by atoms with Crippen molar-refractivity contribution in [1.29, 1.82) is 5.26 Å². The number of nitrogens with zero attached hydrogens (tertiary/aromatic N) is 3. The lowest BCUT2D eigenvalue weighted by atomic mass is 9.99. The van der Waals surface area contributed by atoms with Crippen molar-refractivity contribution in [2.45, 2.75) is 38.6 Å². The molecule has 0 aliphatic carbocycles. The third-order valence-electron chi connectivity index (χ3n) is 4.86. The van der Waals surface area contributed by atoms with E-state index in [1.54, 1.807) is 42.5 Å². The predicted octanol–water partition coefficient (Wildman–Crippen LogP) is 3.61. The van der Waals surface area contributed by atoms with E-state index in [9.17, 15) is 9.59 Å². The zero-order valence-electron chi connectivity index (χ0n) is 15.3. The fourth-order valence-corrected chi connectivity index (χ4v) is 3.40. The fourth-order valence-electron chi connectivity index (χ4n) is 3.40. The van der Waals surface area contributed by atoms with E-state index in [1.807, 2.05) is 11.0 Å². The molecule has 0 spiro atoms. The van der Waals surface area contributed by atoms with Crippen LogP contribution in [0.2, 0.25) is 0 Å². The van der Waals surface area contributed by atoms with Crippen LogP contribution in [0.25, 0.3) is 0 Å². The lowest BCUT2D eigenvalue weighted by Crippen LogP contribution is -2.43. The van der Waals surface area contributed by atoms with Gasteiger partial charge in [0.2, 0.25) is 0 Å². The second kappa shape index (κ2) is 8.45. The Bertz CT molecular complexity index is 888. The van der Waals surface area contributed by atoms with Crippen molar-refractivity contribution in [3.05, 3.63) is 59.4 Å². The number of amides is 2. The number of benzene rings is 1. The molecule has 6 nitrogen and oxygen atoms in total. The third-order valence-corrected chi connectivity index (χ3v) is 4.86. The summed E-state index contributed by atoms with van der Waals surface area (Å²) >= 11 is 0. The zero-order chi connectivity index (χ0) is 19.2. The second-order valence-corrected chi connectivity index (χ2v) is 6.58. The van der Waals surface area contributed by atoms with E-state index in [1.165, 1.54) is 0 Å². The summed E-state index contributed by atoms with van der Waals surface area (Å²) in [5.74, 6) is -0.577. The Morgan fingerprint density at radius 2 is 1.96 bits per heavy atom. The molecule has 138 valence electrons. The highest BCUT2D eigenvalue weighted by molar-refractivity contribution is 6.04. The summed E-state index contributed by atoms with van der Waals surface area (Å²) in [5, 5.41) is 11.8. The van der Waals surface area contributed by atoms with Gasteiger partial charge in [-0.05, 0) is 49.9 Å². The van der Waals surface area contributed by atoms with Gasteiger partial charge in [0.15, 0.2) is 0 Å². The van der Waals surface area contributed by atoms with Crippen LogP contribution < -0.4 is 5.32 Å². The molecule has 1 fully saturated rings. The van der Waals surface area contributed by atoms with Gasteiger partial charge in [-0.1, -0.05) is 25.1 Å². The van der Waals surface area contributed by atoms with Gasteiger partial charge >= 0.3 is 0 Å². The topological polar surface area (TPSA) is 86.1 Å². The first-order valence-corrected chi connectivity index (χ1v) is 9.22. The first kappa shape index (κ1) is 18.6. The second-order valence-electron chi connectivity index (χ2n) is 6.58. The highest BCUT2D eigenvalue weighted by Crippen LogP contribution is 2.21. The van der Waals surface area contributed by atoms with Gasteiger partial charge in [-0.25, -0.2) is 4.98 Å². The van der Waals surface area contributed by atoms with E-state index in [2.05, 4.69) is 17.2 Å². The smallest absolute Gasteiger partial charge is 0.274 e. The van der Waals surface area contributed by atoms with E-state index in [0.29, 0.717) is 11.3 Å². The van der Waals surface area contributed by atoms with Crippen LogP contribution in [0.5, 0.6) is 0 Å². The Kier molecular flexibility index (Phi) is 5.82. The maximum atomic E-state index is 12.9. The average molecular weight is 362 g/mol. The minimum Gasteiger partial charge on any atom is -0.334 e. The van der Waals surface area contributed by atoms with Crippen molar-refractivity contribution in [2.24, 2.45) is 0 Å². The molecule has 0 bridgehead atoms. The molecule has 27 heavy (non-hydrogen) atoms. The van der Waals surface area contributed by atoms with Gasteiger partial charge in [-0.3, -0.25) is 9.59 Å².